The van der Waals surface area contributed by atoms with Crippen molar-refractivity contribution in [2.75, 3.05) is 30.4 Å². The molecule has 0 bridgehead atoms. The van der Waals surface area contributed by atoms with Gasteiger partial charge in [0.2, 0.25) is 5.95 Å². The summed E-state index contributed by atoms with van der Waals surface area (Å²) in [5, 5.41) is 12.2. The third kappa shape index (κ3) is 3.93. The van der Waals surface area contributed by atoms with Gasteiger partial charge in [0, 0.05) is 38.4 Å². The molecule has 0 amide bonds. The van der Waals surface area contributed by atoms with Gasteiger partial charge in [-0.05, 0) is 25.3 Å². The minimum atomic E-state index is -0.142. The summed E-state index contributed by atoms with van der Waals surface area (Å²) in [6.45, 7) is 4.25. The standard InChI is InChI=1S/C20H27N7O/c1-20(8-10-28-11-9-20)26-17-15-12-23-27(2)18(15)25-19(24-17)22-13-16(21)14-6-4-3-5-7-14/h3-7,12,16H,8-11,13,21H2,1-2H3,(H2,22,24,25,26). The van der Waals surface area contributed by atoms with Crippen LogP contribution in [0.3, 0.4) is 0 Å². The minimum Gasteiger partial charge on any atom is -0.381 e. The van der Waals surface area contributed by atoms with Crippen molar-refractivity contribution in [1.29, 1.82) is 0 Å². The van der Waals surface area contributed by atoms with E-state index in [2.05, 4.69) is 27.6 Å². The zero-order chi connectivity index (χ0) is 19.6. The van der Waals surface area contributed by atoms with E-state index in [9.17, 15) is 0 Å². The van der Waals surface area contributed by atoms with Gasteiger partial charge < -0.3 is 21.1 Å². The molecule has 28 heavy (non-hydrogen) atoms. The van der Waals surface area contributed by atoms with E-state index in [0.29, 0.717) is 12.5 Å². The molecule has 8 heteroatoms. The Morgan fingerprint density at radius 1 is 1.21 bits per heavy atom. The zero-order valence-corrected chi connectivity index (χ0v) is 16.4. The molecular formula is C20H27N7O. The van der Waals surface area contributed by atoms with Crippen LogP contribution in [0.2, 0.25) is 0 Å². The number of nitrogens with zero attached hydrogens (tertiary/aromatic N) is 4. The molecule has 2 aromatic heterocycles. The lowest BCUT2D eigenvalue weighted by Gasteiger charge is -2.35. The highest BCUT2D eigenvalue weighted by Gasteiger charge is 2.28. The van der Waals surface area contributed by atoms with E-state index in [-0.39, 0.29) is 11.6 Å². The number of benzene rings is 1. The van der Waals surface area contributed by atoms with Gasteiger partial charge in [-0.15, -0.1) is 0 Å². The first-order chi connectivity index (χ1) is 13.5. The molecule has 3 aromatic rings. The van der Waals surface area contributed by atoms with Crippen LogP contribution in [0.5, 0.6) is 0 Å². The van der Waals surface area contributed by atoms with E-state index < -0.39 is 0 Å². The number of aromatic nitrogens is 4. The Morgan fingerprint density at radius 2 is 1.96 bits per heavy atom. The SMILES string of the molecule is Cn1ncc2c(NC3(C)CCOCC3)nc(NCC(N)c3ccccc3)nc21. The highest BCUT2D eigenvalue weighted by atomic mass is 16.5. The fraction of sp³-hybridized carbons (Fsp3) is 0.450. The lowest BCUT2D eigenvalue weighted by molar-refractivity contribution is 0.0657. The van der Waals surface area contributed by atoms with Gasteiger partial charge in [-0.25, -0.2) is 0 Å². The number of nitrogens with one attached hydrogen (secondary N) is 2. The second kappa shape index (κ2) is 7.73. The first-order valence-corrected chi connectivity index (χ1v) is 9.64. The lowest BCUT2D eigenvalue weighted by atomic mass is 9.92. The molecule has 0 radical (unpaired) electrons. The molecule has 1 saturated heterocycles. The van der Waals surface area contributed by atoms with Crippen LogP contribution < -0.4 is 16.4 Å². The smallest absolute Gasteiger partial charge is 0.226 e. The summed E-state index contributed by atoms with van der Waals surface area (Å²) in [5.74, 6) is 1.33. The molecule has 1 aliphatic rings. The molecule has 1 unspecified atom stereocenters. The van der Waals surface area contributed by atoms with Crippen LogP contribution in [0.4, 0.5) is 11.8 Å². The first kappa shape index (κ1) is 18.6. The molecule has 0 aliphatic carbocycles. The number of anilines is 2. The van der Waals surface area contributed by atoms with E-state index in [4.69, 9.17) is 15.5 Å². The van der Waals surface area contributed by atoms with Gasteiger partial charge in [0.05, 0.1) is 11.6 Å². The van der Waals surface area contributed by atoms with Crippen molar-refractivity contribution in [3.63, 3.8) is 0 Å². The van der Waals surface area contributed by atoms with Gasteiger partial charge in [-0.3, -0.25) is 4.68 Å². The number of hydrogen-bond acceptors (Lipinski definition) is 7. The molecule has 1 atom stereocenters. The second-order valence-electron chi connectivity index (χ2n) is 7.60. The van der Waals surface area contributed by atoms with Crippen LogP contribution >= 0.6 is 0 Å². The van der Waals surface area contributed by atoms with E-state index >= 15 is 0 Å². The molecule has 3 heterocycles. The highest BCUT2D eigenvalue weighted by molar-refractivity contribution is 5.87. The first-order valence-electron chi connectivity index (χ1n) is 9.64. The van der Waals surface area contributed by atoms with Crippen molar-refractivity contribution in [2.24, 2.45) is 12.8 Å². The van der Waals surface area contributed by atoms with Gasteiger partial charge in [0.1, 0.15) is 5.82 Å². The molecule has 0 spiro atoms. The normalized spacial score (nSPS) is 17.4. The minimum absolute atomic E-state index is 0.0624. The van der Waals surface area contributed by atoms with Crippen LogP contribution in [0.15, 0.2) is 36.5 Å². The van der Waals surface area contributed by atoms with E-state index in [1.54, 1.807) is 10.9 Å². The average molecular weight is 381 g/mol. The van der Waals surface area contributed by atoms with Crippen molar-refractivity contribution in [3.8, 4) is 0 Å². The van der Waals surface area contributed by atoms with Crippen molar-refractivity contribution < 1.29 is 4.74 Å². The maximum Gasteiger partial charge on any atom is 0.226 e. The average Bonchev–Trinajstić information content (AvgIpc) is 3.08. The molecule has 0 saturated carbocycles. The monoisotopic (exact) mass is 381 g/mol. The zero-order valence-electron chi connectivity index (χ0n) is 16.4. The summed E-state index contributed by atoms with van der Waals surface area (Å²) in [4.78, 5) is 9.37. The molecule has 1 aromatic carbocycles. The van der Waals surface area contributed by atoms with Crippen LogP contribution in [0.1, 0.15) is 31.4 Å². The van der Waals surface area contributed by atoms with Crippen LogP contribution in [0.25, 0.3) is 11.0 Å². The van der Waals surface area contributed by atoms with Gasteiger partial charge in [0.25, 0.3) is 0 Å². The Kier molecular flexibility index (Phi) is 5.15. The Hall–Kier alpha value is -2.71. The maximum absolute atomic E-state index is 6.31. The molecule has 1 fully saturated rings. The summed E-state index contributed by atoms with van der Waals surface area (Å²) in [6.07, 6.45) is 3.67. The Balaban J connectivity index is 1.57. The summed E-state index contributed by atoms with van der Waals surface area (Å²) < 4.78 is 7.27. The van der Waals surface area contributed by atoms with Crippen molar-refractivity contribution >= 4 is 22.8 Å². The summed E-state index contributed by atoms with van der Waals surface area (Å²) in [5.41, 5.74) is 8.10. The fourth-order valence-electron chi connectivity index (χ4n) is 3.45. The van der Waals surface area contributed by atoms with E-state index in [1.165, 1.54) is 0 Å². The Bertz CT molecular complexity index is 934. The predicted octanol–water partition coefficient (Wildman–Crippen LogP) is 2.46. The lowest BCUT2D eigenvalue weighted by Crippen LogP contribution is -2.41. The summed E-state index contributed by atoms with van der Waals surface area (Å²) >= 11 is 0. The third-order valence-electron chi connectivity index (χ3n) is 5.32. The molecule has 4 N–H and O–H groups in total. The topological polar surface area (TPSA) is 103 Å². The second-order valence-corrected chi connectivity index (χ2v) is 7.60. The van der Waals surface area contributed by atoms with Crippen molar-refractivity contribution in [3.05, 3.63) is 42.1 Å². The summed E-state index contributed by atoms with van der Waals surface area (Å²) in [7, 11) is 1.88. The molecule has 148 valence electrons. The molecular weight excluding hydrogens is 354 g/mol. The van der Waals surface area contributed by atoms with Gasteiger partial charge >= 0.3 is 0 Å². The van der Waals surface area contributed by atoms with Crippen LogP contribution in [0, 0.1) is 0 Å². The number of nitrogens with two attached hydrogens (primary N) is 1. The largest absolute Gasteiger partial charge is 0.381 e. The van der Waals surface area contributed by atoms with Gasteiger partial charge in [-0.1, -0.05) is 30.3 Å². The Morgan fingerprint density at radius 3 is 2.71 bits per heavy atom. The van der Waals surface area contributed by atoms with Crippen LogP contribution in [-0.2, 0) is 11.8 Å². The summed E-state index contributed by atoms with van der Waals surface area (Å²) in [6, 6.07) is 9.87. The molecule has 1 aliphatic heterocycles. The predicted molar refractivity (Wildman–Crippen MR) is 110 cm³/mol. The number of ether oxygens (including phenoxy) is 1. The fourth-order valence-corrected chi connectivity index (χ4v) is 3.45. The van der Waals surface area contributed by atoms with Gasteiger partial charge in [-0.2, -0.15) is 15.1 Å². The van der Waals surface area contributed by atoms with Crippen molar-refractivity contribution in [2.45, 2.75) is 31.3 Å². The van der Waals surface area contributed by atoms with Gasteiger partial charge in [0.15, 0.2) is 5.65 Å². The molecule has 4 rings (SSSR count). The number of fused-ring (bicyclic) bond motifs is 1. The Labute approximate surface area is 164 Å². The van der Waals surface area contributed by atoms with E-state index in [0.717, 1.165) is 48.5 Å². The number of rotatable bonds is 6. The number of hydrogen-bond donors (Lipinski definition) is 3. The highest BCUT2D eigenvalue weighted by Crippen LogP contribution is 2.29. The number of aryl methyl sites for hydroxylation is 1. The maximum atomic E-state index is 6.31. The molecule has 8 nitrogen and oxygen atoms in total. The third-order valence-corrected chi connectivity index (χ3v) is 5.32. The quantitative estimate of drug-likeness (QED) is 0.603. The van der Waals surface area contributed by atoms with Crippen LogP contribution in [-0.4, -0.2) is 45.0 Å². The van der Waals surface area contributed by atoms with E-state index in [1.807, 2.05) is 37.4 Å². The van der Waals surface area contributed by atoms with Crippen molar-refractivity contribution in [1.82, 2.24) is 19.7 Å².